The number of hydrogen-bond donors (Lipinski definition) is 1. The van der Waals surface area contributed by atoms with Crippen molar-refractivity contribution in [2.75, 3.05) is 0 Å². The maximum atomic E-state index is 10.3. The average molecular weight is 411 g/mol. The molecule has 0 aliphatic heterocycles. The summed E-state index contributed by atoms with van der Waals surface area (Å²) in [5, 5.41) is 8.52. The Morgan fingerprint density at radius 2 is 0.870 bits per heavy atom. The van der Waals surface area contributed by atoms with Crippen LogP contribution in [0, 0.1) is 0 Å². The summed E-state index contributed by atoms with van der Waals surface area (Å²) in [6.07, 6.45) is 20.2. The minimum Gasteiger partial charge on any atom is -1.00 e. The van der Waals surface area contributed by atoms with E-state index in [1.165, 1.54) is 83.5 Å². The van der Waals surface area contributed by atoms with Gasteiger partial charge in [-0.25, -0.2) is 0 Å². The Labute approximate surface area is 243 Å². The van der Waals surface area contributed by atoms with Crippen molar-refractivity contribution < 1.29 is 18.5 Å². The number of aliphatic carboxylic acids is 1. The van der Waals surface area contributed by atoms with E-state index < -0.39 is 5.97 Å². The molecule has 0 aromatic heterocycles. The number of unbranched alkanes of at least 4 members (excludes halogenated alkanes) is 14. The Morgan fingerprint density at radius 1 is 0.609 bits per heavy atom. The van der Waals surface area contributed by atoms with Crippen molar-refractivity contribution in [2.24, 2.45) is 0 Å². The maximum Gasteiger partial charge on any atom is 2.00 e. The molecule has 5 heteroatoms. The first-order chi connectivity index (χ1) is 9.77. The second-order valence-corrected chi connectivity index (χ2v) is 6.09. The first-order valence-corrected chi connectivity index (χ1v) is 8.99. The van der Waals surface area contributed by atoms with Gasteiger partial charge in [-0.2, -0.15) is 0 Å². The molecule has 132 valence electrons. The molecule has 23 heavy (non-hydrogen) atoms. The monoisotopic (exact) mass is 410 g/mol. The molecule has 0 aliphatic rings. The minimum atomic E-state index is -0.653. The van der Waals surface area contributed by atoms with Gasteiger partial charge in [0.15, 0.2) is 0 Å². The van der Waals surface area contributed by atoms with E-state index in [-0.39, 0.29) is 122 Å². The topological polar surface area (TPSA) is 37.3 Å². The molecule has 1 N–H and O–H groups in total. The molecule has 0 aromatic rings. The number of rotatable bonds is 16. The molecule has 0 saturated heterocycles. The van der Waals surface area contributed by atoms with Crippen molar-refractivity contribution in [3.05, 3.63) is 0 Å². The van der Waals surface area contributed by atoms with E-state index in [1.54, 1.807) is 0 Å². The van der Waals surface area contributed by atoms with Crippen LogP contribution in [0.1, 0.15) is 118 Å². The van der Waals surface area contributed by atoms with Gasteiger partial charge < -0.3 is 13.7 Å². The van der Waals surface area contributed by atoms with Gasteiger partial charge in [-0.3, -0.25) is 4.79 Å². The molecule has 0 aliphatic carbocycles. The molecule has 2 nitrogen and oxygen atoms in total. The predicted octanol–water partition coefficient (Wildman–Crippen LogP) is 5.87. The number of carboxylic acid groups (broad SMARTS) is 1. The molecule has 0 bridgehead atoms. The Bertz CT molecular complexity index is 236. The Kier molecular flexibility index (Phi) is 44.1. The second-order valence-electron chi connectivity index (χ2n) is 6.09. The molecule has 0 atom stereocenters. The van der Waals surface area contributed by atoms with Crippen LogP contribution in [-0.2, 0) is 4.79 Å². The smallest absolute Gasteiger partial charge is 1.00 e. The van der Waals surface area contributed by atoms with E-state index in [2.05, 4.69) is 6.92 Å². The third-order valence-corrected chi connectivity index (χ3v) is 3.99. The fraction of sp³-hybridized carbons (Fsp3) is 0.944. The van der Waals surface area contributed by atoms with Crippen LogP contribution in [0.4, 0.5) is 0 Å². The van der Waals surface area contributed by atoms with E-state index in [0.29, 0.717) is 6.42 Å². The van der Waals surface area contributed by atoms with Crippen molar-refractivity contribution in [3.63, 3.8) is 0 Å². The van der Waals surface area contributed by atoms with Crippen molar-refractivity contribution in [1.29, 1.82) is 0 Å². The van der Waals surface area contributed by atoms with E-state index in [4.69, 9.17) is 5.11 Å². The second kappa shape index (κ2) is 30.0. The summed E-state index contributed by atoms with van der Waals surface area (Å²) < 4.78 is 0. The van der Waals surface area contributed by atoms with Crippen LogP contribution < -0.4 is 0 Å². The molecule has 0 saturated carbocycles. The largest absolute Gasteiger partial charge is 2.00 e. The summed E-state index contributed by atoms with van der Waals surface area (Å²) in [6.45, 7) is 2.27. The molecular formula is C18H42Ca3O2. The summed E-state index contributed by atoms with van der Waals surface area (Å²) in [7, 11) is 0. The van der Waals surface area contributed by atoms with Crippen LogP contribution in [-0.4, -0.2) is 124 Å². The SMILES string of the molecule is CCCCCCCCCCCCCCCCCC(=O)O.[Ca+2].[Ca+2].[Ca+2].[H-].[H-].[H-].[H-].[H-].[H-]. The molecule has 0 spiro atoms. The van der Waals surface area contributed by atoms with Gasteiger partial charge in [0.05, 0.1) is 0 Å². The Balaban J connectivity index is -0.0000000501. The maximum absolute atomic E-state index is 10.3. The molecule has 0 radical (unpaired) electrons. The van der Waals surface area contributed by atoms with Gasteiger partial charge in [-0.05, 0) is 6.42 Å². The van der Waals surface area contributed by atoms with Gasteiger partial charge in [-0.1, -0.05) is 96.8 Å². The van der Waals surface area contributed by atoms with Crippen molar-refractivity contribution in [2.45, 2.75) is 110 Å². The molecule has 0 unspecified atom stereocenters. The normalized spacial score (nSPS) is 9.43. The number of carboxylic acids is 1. The third kappa shape index (κ3) is 33.3. The molecule has 0 fully saturated rings. The molecule has 0 aromatic carbocycles. The average Bonchev–Trinajstić information content (AvgIpc) is 2.43. The molecule has 0 rings (SSSR count). The van der Waals surface area contributed by atoms with Gasteiger partial charge in [0.2, 0.25) is 0 Å². The van der Waals surface area contributed by atoms with E-state index in [9.17, 15) is 4.79 Å². The van der Waals surface area contributed by atoms with Crippen molar-refractivity contribution in [1.82, 2.24) is 0 Å². The van der Waals surface area contributed by atoms with Crippen LogP contribution in [0.2, 0.25) is 0 Å². The zero-order valence-electron chi connectivity index (χ0n) is 21.8. The van der Waals surface area contributed by atoms with Crippen LogP contribution >= 0.6 is 0 Å². The van der Waals surface area contributed by atoms with Crippen LogP contribution in [0.15, 0.2) is 0 Å². The fourth-order valence-electron chi connectivity index (χ4n) is 2.65. The fourth-order valence-corrected chi connectivity index (χ4v) is 2.65. The summed E-state index contributed by atoms with van der Waals surface area (Å²) in [4.78, 5) is 10.3. The van der Waals surface area contributed by atoms with E-state index >= 15 is 0 Å². The number of hydrogen-bond acceptors (Lipinski definition) is 1. The van der Waals surface area contributed by atoms with Gasteiger partial charge in [0.1, 0.15) is 0 Å². The van der Waals surface area contributed by atoms with Gasteiger partial charge >= 0.3 is 119 Å². The molecule has 0 heterocycles. The predicted molar refractivity (Wildman–Crippen MR) is 111 cm³/mol. The summed E-state index contributed by atoms with van der Waals surface area (Å²) in [5.41, 5.74) is 0. The van der Waals surface area contributed by atoms with Crippen LogP contribution in [0.25, 0.3) is 0 Å². The summed E-state index contributed by atoms with van der Waals surface area (Å²) >= 11 is 0. The number of carbonyl (C=O) groups is 1. The quantitative estimate of drug-likeness (QED) is 0.255. The van der Waals surface area contributed by atoms with E-state index in [1.807, 2.05) is 0 Å². The van der Waals surface area contributed by atoms with E-state index in [0.717, 1.165) is 12.8 Å². The summed E-state index contributed by atoms with van der Waals surface area (Å²) in [5.74, 6) is -0.653. The van der Waals surface area contributed by atoms with Crippen molar-refractivity contribution >= 4 is 119 Å². The zero-order valence-corrected chi connectivity index (χ0v) is 22.4. The summed E-state index contributed by atoms with van der Waals surface area (Å²) in [6, 6.07) is 0. The molecular weight excluding hydrogens is 368 g/mol. The van der Waals surface area contributed by atoms with Crippen LogP contribution in [0.5, 0.6) is 0 Å². The van der Waals surface area contributed by atoms with Crippen LogP contribution in [0.3, 0.4) is 0 Å². The van der Waals surface area contributed by atoms with Gasteiger partial charge in [0.25, 0.3) is 0 Å². The standard InChI is InChI=1S/C18H36O2.3Ca.6H/c1-2-3-4-5-6-7-8-9-10-11-12-13-14-15-16-17-18(19)20;;;;;;;;;/h2-17H2,1H3,(H,19,20);;;;;;;;;/q;3*+2;6*-1. The Hall–Kier alpha value is 3.25. The first kappa shape index (κ1) is 33.8. The first-order valence-electron chi connectivity index (χ1n) is 8.99. The van der Waals surface area contributed by atoms with Crippen molar-refractivity contribution in [3.8, 4) is 0 Å². The van der Waals surface area contributed by atoms with Gasteiger partial charge in [-0.15, -0.1) is 0 Å². The zero-order chi connectivity index (χ0) is 14.9. The molecule has 0 amide bonds. The Morgan fingerprint density at radius 3 is 1.13 bits per heavy atom. The van der Waals surface area contributed by atoms with Gasteiger partial charge in [0, 0.05) is 6.42 Å². The minimum absolute atomic E-state index is 0. The third-order valence-electron chi connectivity index (χ3n) is 3.99.